The maximum Gasteiger partial charge on any atom is 0.193 e. The molecule has 0 aliphatic rings. The summed E-state index contributed by atoms with van der Waals surface area (Å²) in [7, 11) is 0. The van der Waals surface area contributed by atoms with E-state index in [1.54, 1.807) is 12.4 Å². The average molecular weight is 257 g/mol. The molecule has 100 valence electrons. The number of fused-ring (bicyclic) bond motifs is 1. The SMILES string of the molecule is CCCC(OCC)C(=O)c1cncc2ccccc12. The van der Waals surface area contributed by atoms with Crippen LogP contribution >= 0.6 is 0 Å². The summed E-state index contributed by atoms with van der Waals surface area (Å²) < 4.78 is 5.57. The number of hydrogen-bond donors (Lipinski definition) is 0. The number of ether oxygens (including phenoxy) is 1. The number of nitrogens with zero attached hydrogens (tertiary/aromatic N) is 1. The van der Waals surface area contributed by atoms with Crippen molar-refractivity contribution in [2.45, 2.75) is 32.8 Å². The highest BCUT2D eigenvalue weighted by atomic mass is 16.5. The fraction of sp³-hybridized carbons (Fsp3) is 0.375. The summed E-state index contributed by atoms with van der Waals surface area (Å²) in [6.07, 6.45) is 4.74. The van der Waals surface area contributed by atoms with Gasteiger partial charge in [0.25, 0.3) is 0 Å². The molecular weight excluding hydrogens is 238 g/mol. The van der Waals surface area contributed by atoms with E-state index in [0.717, 1.165) is 23.6 Å². The Balaban J connectivity index is 2.39. The summed E-state index contributed by atoms with van der Waals surface area (Å²) in [6, 6.07) is 7.81. The van der Waals surface area contributed by atoms with Crippen LogP contribution in [0, 0.1) is 0 Å². The molecule has 2 rings (SSSR count). The Labute approximate surface area is 113 Å². The Hall–Kier alpha value is -1.74. The molecule has 19 heavy (non-hydrogen) atoms. The maximum absolute atomic E-state index is 12.6. The van der Waals surface area contributed by atoms with Gasteiger partial charge in [0.15, 0.2) is 5.78 Å². The minimum absolute atomic E-state index is 0.0352. The second kappa shape index (κ2) is 6.43. The Morgan fingerprint density at radius 2 is 2.05 bits per heavy atom. The highest BCUT2D eigenvalue weighted by molar-refractivity contribution is 6.09. The lowest BCUT2D eigenvalue weighted by Crippen LogP contribution is -2.24. The van der Waals surface area contributed by atoms with Crippen molar-refractivity contribution in [2.75, 3.05) is 6.61 Å². The third-order valence-electron chi connectivity index (χ3n) is 3.14. The lowest BCUT2D eigenvalue weighted by atomic mass is 9.99. The molecular formula is C16H19NO2. The van der Waals surface area contributed by atoms with Crippen LogP contribution in [0.4, 0.5) is 0 Å². The molecule has 0 aliphatic carbocycles. The van der Waals surface area contributed by atoms with Gasteiger partial charge in [-0.15, -0.1) is 0 Å². The van der Waals surface area contributed by atoms with E-state index in [4.69, 9.17) is 4.74 Å². The molecule has 0 saturated carbocycles. The first-order chi connectivity index (χ1) is 9.27. The number of rotatable bonds is 6. The van der Waals surface area contributed by atoms with Crippen molar-refractivity contribution in [1.82, 2.24) is 4.98 Å². The molecule has 1 unspecified atom stereocenters. The molecule has 0 spiro atoms. The maximum atomic E-state index is 12.6. The Morgan fingerprint density at radius 3 is 2.79 bits per heavy atom. The molecule has 0 fully saturated rings. The molecule has 1 aromatic carbocycles. The van der Waals surface area contributed by atoms with E-state index in [1.165, 1.54) is 0 Å². The van der Waals surface area contributed by atoms with Crippen LogP contribution in [0.15, 0.2) is 36.7 Å². The van der Waals surface area contributed by atoms with Crippen molar-refractivity contribution in [3.63, 3.8) is 0 Å². The minimum Gasteiger partial charge on any atom is -0.370 e. The summed E-state index contributed by atoms with van der Waals surface area (Å²) in [6.45, 7) is 4.52. The molecule has 0 aliphatic heterocycles. The van der Waals surface area contributed by atoms with Crippen molar-refractivity contribution in [1.29, 1.82) is 0 Å². The topological polar surface area (TPSA) is 39.2 Å². The number of Topliss-reactive ketones (excluding diaryl/α,β-unsaturated/α-hetero) is 1. The normalized spacial score (nSPS) is 12.5. The Kier molecular flexibility index (Phi) is 4.63. The van der Waals surface area contributed by atoms with Crippen molar-refractivity contribution >= 4 is 16.6 Å². The molecule has 2 aromatic rings. The predicted octanol–water partition coefficient (Wildman–Crippen LogP) is 3.62. The van der Waals surface area contributed by atoms with Crippen molar-refractivity contribution < 1.29 is 9.53 Å². The molecule has 1 atom stereocenters. The van der Waals surface area contributed by atoms with E-state index in [-0.39, 0.29) is 11.9 Å². The zero-order valence-corrected chi connectivity index (χ0v) is 11.4. The van der Waals surface area contributed by atoms with Crippen LogP contribution in [-0.4, -0.2) is 23.5 Å². The van der Waals surface area contributed by atoms with Gasteiger partial charge in [-0.1, -0.05) is 37.6 Å². The Bertz CT molecular complexity index is 554. The van der Waals surface area contributed by atoms with Gasteiger partial charge < -0.3 is 4.74 Å². The summed E-state index contributed by atoms with van der Waals surface area (Å²) in [5.74, 6) is 0.0352. The molecule has 0 saturated heterocycles. The van der Waals surface area contributed by atoms with E-state index in [0.29, 0.717) is 12.2 Å². The zero-order chi connectivity index (χ0) is 13.7. The molecule has 0 N–H and O–H groups in total. The number of carbonyl (C=O) groups is 1. The summed E-state index contributed by atoms with van der Waals surface area (Å²) in [5.41, 5.74) is 0.657. The van der Waals surface area contributed by atoms with Crippen LogP contribution in [0.1, 0.15) is 37.0 Å². The van der Waals surface area contributed by atoms with E-state index in [1.807, 2.05) is 31.2 Å². The van der Waals surface area contributed by atoms with E-state index < -0.39 is 0 Å². The standard InChI is InChI=1S/C16H19NO2/c1-3-7-15(19-4-2)16(18)14-11-17-10-12-8-5-6-9-13(12)14/h5-6,8-11,15H,3-4,7H2,1-2H3. The molecule has 0 bridgehead atoms. The van der Waals surface area contributed by atoms with E-state index in [9.17, 15) is 4.79 Å². The number of benzene rings is 1. The minimum atomic E-state index is -0.359. The quantitative estimate of drug-likeness (QED) is 0.742. The van der Waals surface area contributed by atoms with Gasteiger partial charge in [-0.05, 0) is 18.7 Å². The highest BCUT2D eigenvalue weighted by Gasteiger charge is 2.21. The molecule has 3 nitrogen and oxygen atoms in total. The lowest BCUT2D eigenvalue weighted by molar-refractivity contribution is 0.0424. The Morgan fingerprint density at radius 1 is 1.26 bits per heavy atom. The van der Waals surface area contributed by atoms with Gasteiger partial charge in [0.2, 0.25) is 0 Å². The number of aromatic nitrogens is 1. The molecule has 3 heteroatoms. The summed E-state index contributed by atoms with van der Waals surface area (Å²) in [5, 5.41) is 1.93. The monoisotopic (exact) mass is 257 g/mol. The molecule has 0 amide bonds. The largest absolute Gasteiger partial charge is 0.370 e. The summed E-state index contributed by atoms with van der Waals surface area (Å²) in [4.78, 5) is 16.7. The fourth-order valence-corrected chi connectivity index (χ4v) is 2.24. The van der Waals surface area contributed by atoms with Crippen LogP contribution in [0.5, 0.6) is 0 Å². The third-order valence-corrected chi connectivity index (χ3v) is 3.14. The van der Waals surface area contributed by atoms with Crippen molar-refractivity contribution in [2.24, 2.45) is 0 Å². The molecule has 1 aromatic heterocycles. The van der Waals surface area contributed by atoms with Gasteiger partial charge in [0, 0.05) is 30.0 Å². The summed E-state index contributed by atoms with van der Waals surface area (Å²) >= 11 is 0. The first-order valence-corrected chi connectivity index (χ1v) is 6.76. The zero-order valence-electron chi connectivity index (χ0n) is 11.4. The lowest BCUT2D eigenvalue weighted by Gasteiger charge is -2.15. The highest BCUT2D eigenvalue weighted by Crippen LogP contribution is 2.20. The van der Waals surface area contributed by atoms with Gasteiger partial charge >= 0.3 is 0 Å². The second-order valence-electron chi connectivity index (χ2n) is 4.51. The van der Waals surface area contributed by atoms with Gasteiger partial charge in [0.05, 0.1) is 0 Å². The third kappa shape index (κ3) is 2.99. The average Bonchev–Trinajstić information content (AvgIpc) is 2.46. The number of hydrogen-bond acceptors (Lipinski definition) is 3. The van der Waals surface area contributed by atoms with Crippen LogP contribution in [0.3, 0.4) is 0 Å². The van der Waals surface area contributed by atoms with Crippen LogP contribution in [0.2, 0.25) is 0 Å². The molecule has 0 radical (unpaired) electrons. The predicted molar refractivity (Wildman–Crippen MR) is 76.4 cm³/mol. The van der Waals surface area contributed by atoms with E-state index >= 15 is 0 Å². The number of pyridine rings is 1. The van der Waals surface area contributed by atoms with E-state index in [2.05, 4.69) is 11.9 Å². The first-order valence-electron chi connectivity index (χ1n) is 6.76. The van der Waals surface area contributed by atoms with Gasteiger partial charge in [-0.3, -0.25) is 9.78 Å². The number of carbonyl (C=O) groups excluding carboxylic acids is 1. The van der Waals surface area contributed by atoms with Gasteiger partial charge in [-0.2, -0.15) is 0 Å². The van der Waals surface area contributed by atoms with Crippen LogP contribution in [0.25, 0.3) is 10.8 Å². The van der Waals surface area contributed by atoms with Crippen LogP contribution in [-0.2, 0) is 4.74 Å². The first kappa shape index (κ1) is 13.7. The van der Waals surface area contributed by atoms with Crippen molar-refractivity contribution in [3.05, 3.63) is 42.2 Å². The fourth-order valence-electron chi connectivity index (χ4n) is 2.24. The second-order valence-corrected chi connectivity index (χ2v) is 4.51. The molecule has 1 heterocycles. The smallest absolute Gasteiger partial charge is 0.193 e. The van der Waals surface area contributed by atoms with Gasteiger partial charge in [-0.25, -0.2) is 0 Å². The van der Waals surface area contributed by atoms with Crippen molar-refractivity contribution in [3.8, 4) is 0 Å². The van der Waals surface area contributed by atoms with Gasteiger partial charge in [0.1, 0.15) is 6.10 Å². The number of ketones is 1. The van der Waals surface area contributed by atoms with Crippen LogP contribution < -0.4 is 0 Å².